The fourth-order valence-electron chi connectivity index (χ4n) is 3.12. The van der Waals surface area contributed by atoms with E-state index in [0.717, 1.165) is 55.5 Å². The van der Waals surface area contributed by atoms with E-state index in [1.54, 1.807) is 6.26 Å². The molecule has 0 radical (unpaired) electrons. The van der Waals surface area contributed by atoms with Crippen molar-refractivity contribution >= 4 is 17.7 Å². The molecule has 1 aliphatic rings. The lowest BCUT2D eigenvalue weighted by molar-refractivity contribution is -0.132. The molecule has 4 heteroatoms. The minimum atomic E-state index is 0.306. The second-order valence-corrected chi connectivity index (χ2v) is 7.43. The maximum absolute atomic E-state index is 12.4. The van der Waals surface area contributed by atoms with Gasteiger partial charge in [-0.25, -0.2) is 0 Å². The zero-order chi connectivity index (χ0) is 16.6. The number of aryl methyl sites for hydroxylation is 1. The fourth-order valence-corrected chi connectivity index (χ4v) is 4.27. The number of hydrogen-bond acceptors (Lipinski definition) is 3. The number of carbonyl (C=O) groups excluding carboxylic acids is 1. The van der Waals surface area contributed by atoms with Gasteiger partial charge in [0, 0.05) is 19.5 Å². The summed E-state index contributed by atoms with van der Waals surface area (Å²) in [5.74, 6) is 4.19. The van der Waals surface area contributed by atoms with Gasteiger partial charge in [0.1, 0.15) is 5.76 Å². The van der Waals surface area contributed by atoms with Gasteiger partial charge in [-0.3, -0.25) is 4.79 Å². The maximum Gasteiger partial charge on any atom is 0.222 e. The van der Waals surface area contributed by atoms with Crippen molar-refractivity contribution in [3.8, 4) is 0 Å². The molecule has 24 heavy (non-hydrogen) atoms. The van der Waals surface area contributed by atoms with Crippen molar-refractivity contribution in [3.63, 3.8) is 0 Å². The van der Waals surface area contributed by atoms with Gasteiger partial charge < -0.3 is 9.32 Å². The molecule has 1 fully saturated rings. The summed E-state index contributed by atoms with van der Waals surface area (Å²) < 4.78 is 5.36. The summed E-state index contributed by atoms with van der Waals surface area (Å²) >= 11 is 1.94. The second kappa shape index (κ2) is 8.97. The first-order valence-electron chi connectivity index (χ1n) is 8.73. The third kappa shape index (κ3) is 5.17. The molecule has 0 saturated carbocycles. The summed E-state index contributed by atoms with van der Waals surface area (Å²) in [6, 6.07) is 14.2. The molecule has 0 unspecified atom stereocenters. The predicted octanol–water partition coefficient (Wildman–Crippen LogP) is 4.38. The molecule has 1 amide bonds. The van der Waals surface area contributed by atoms with E-state index in [1.165, 1.54) is 5.56 Å². The zero-order valence-electron chi connectivity index (χ0n) is 14.0. The maximum atomic E-state index is 12.4. The Labute approximate surface area is 148 Å². The van der Waals surface area contributed by atoms with Crippen LogP contribution in [0.2, 0.25) is 0 Å². The number of hydrogen-bond donors (Lipinski definition) is 0. The standard InChI is InChI=1S/C20H25NO2S/c22-20(9-8-17-5-2-1-3-6-17)21-12-10-18(11-13-21)15-24-16-19-7-4-14-23-19/h1-7,14,18H,8-13,15-16H2. The molecule has 1 aromatic carbocycles. The molecule has 0 spiro atoms. The molecule has 0 N–H and O–H groups in total. The Morgan fingerprint density at radius 1 is 1.12 bits per heavy atom. The van der Waals surface area contributed by atoms with E-state index in [4.69, 9.17) is 4.42 Å². The normalized spacial score (nSPS) is 15.6. The van der Waals surface area contributed by atoms with Crippen LogP contribution in [0.15, 0.2) is 53.1 Å². The summed E-state index contributed by atoms with van der Waals surface area (Å²) in [7, 11) is 0. The summed E-state index contributed by atoms with van der Waals surface area (Å²) in [6.07, 6.45) is 5.46. The van der Waals surface area contributed by atoms with Crippen LogP contribution >= 0.6 is 11.8 Å². The third-order valence-electron chi connectivity index (χ3n) is 4.62. The summed E-state index contributed by atoms with van der Waals surface area (Å²) in [5, 5.41) is 0. The Hall–Kier alpha value is -1.68. The first-order chi connectivity index (χ1) is 11.8. The smallest absolute Gasteiger partial charge is 0.222 e. The molecule has 0 aliphatic carbocycles. The molecule has 1 aliphatic heterocycles. The van der Waals surface area contributed by atoms with Gasteiger partial charge in [0.15, 0.2) is 0 Å². The number of piperidine rings is 1. The number of amides is 1. The van der Waals surface area contributed by atoms with Crippen LogP contribution in [-0.4, -0.2) is 29.6 Å². The molecule has 2 heterocycles. The fraction of sp³-hybridized carbons (Fsp3) is 0.450. The quantitative estimate of drug-likeness (QED) is 0.748. The Kier molecular flexibility index (Phi) is 6.41. The van der Waals surface area contributed by atoms with Crippen LogP contribution in [0, 0.1) is 5.92 Å². The van der Waals surface area contributed by atoms with E-state index in [2.05, 4.69) is 17.0 Å². The number of furan rings is 1. The summed E-state index contributed by atoms with van der Waals surface area (Å²) in [5.41, 5.74) is 1.25. The highest BCUT2D eigenvalue weighted by molar-refractivity contribution is 7.98. The van der Waals surface area contributed by atoms with Gasteiger partial charge >= 0.3 is 0 Å². The summed E-state index contributed by atoms with van der Waals surface area (Å²) in [6.45, 7) is 1.83. The monoisotopic (exact) mass is 343 g/mol. The minimum absolute atomic E-state index is 0.306. The van der Waals surface area contributed by atoms with E-state index in [0.29, 0.717) is 12.3 Å². The topological polar surface area (TPSA) is 33.5 Å². The molecule has 0 bridgehead atoms. The largest absolute Gasteiger partial charge is 0.468 e. The Morgan fingerprint density at radius 2 is 1.92 bits per heavy atom. The second-order valence-electron chi connectivity index (χ2n) is 6.40. The van der Waals surface area contributed by atoms with E-state index in [-0.39, 0.29) is 0 Å². The van der Waals surface area contributed by atoms with E-state index >= 15 is 0 Å². The lowest BCUT2D eigenvalue weighted by Crippen LogP contribution is -2.39. The minimum Gasteiger partial charge on any atom is -0.468 e. The van der Waals surface area contributed by atoms with Crippen molar-refractivity contribution in [2.45, 2.75) is 31.4 Å². The number of benzene rings is 1. The van der Waals surface area contributed by atoms with Gasteiger partial charge in [-0.15, -0.1) is 0 Å². The van der Waals surface area contributed by atoms with Crippen LogP contribution in [0.4, 0.5) is 0 Å². The van der Waals surface area contributed by atoms with Crippen LogP contribution in [-0.2, 0) is 17.0 Å². The van der Waals surface area contributed by atoms with Crippen molar-refractivity contribution in [1.29, 1.82) is 0 Å². The van der Waals surface area contributed by atoms with Gasteiger partial charge in [0.05, 0.1) is 12.0 Å². The van der Waals surface area contributed by atoms with Gasteiger partial charge in [-0.05, 0) is 48.6 Å². The van der Waals surface area contributed by atoms with E-state index in [9.17, 15) is 4.79 Å². The lowest BCUT2D eigenvalue weighted by atomic mass is 9.98. The molecule has 3 nitrogen and oxygen atoms in total. The number of rotatable bonds is 7. The Morgan fingerprint density at radius 3 is 2.62 bits per heavy atom. The molecule has 2 aromatic rings. The van der Waals surface area contributed by atoms with Gasteiger partial charge in [0.25, 0.3) is 0 Å². The van der Waals surface area contributed by atoms with Crippen molar-refractivity contribution in [1.82, 2.24) is 4.90 Å². The van der Waals surface area contributed by atoms with Crippen LogP contribution in [0.5, 0.6) is 0 Å². The molecule has 128 valence electrons. The van der Waals surface area contributed by atoms with Crippen molar-refractivity contribution in [3.05, 3.63) is 60.1 Å². The number of carbonyl (C=O) groups is 1. The lowest BCUT2D eigenvalue weighted by Gasteiger charge is -2.32. The number of likely N-dealkylation sites (tertiary alicyclic amines) is 1. The number of thioether (sulfide) groups is 1. The van der Waals surface area contributed by atoms with Crippen molar-refractivity contribution < 1.29 is 9.21 Å². The van der Waals surface area contributed by atoms with Crippen LogP contribution in [0.25, 0.3) is 0 Å². The van der Waals surface area contributed by atoms with Crippen LogP contribution in [0.3, 0.4) is 0 Å². The summed E-state index contributed by atoms with van der Waals surface area (Å²) in [4.78, 5) is 14.4. The van der Waals surface area contributed by atoms with Gasteiger partial charge in [-0.2, -0.15) is 11.8 Å². The van der Waals surface area contributed by atoms with Crippen LogP contribution in [0.1, 0.15) is 30.6 Å². The third-order valence-corrected chi connectivity index (χ3v) is 5.81. The van der Waals surface area contributed by atoms with E-state index < -0.39 is 0 Å². The molecule has 0 atom stereocenters. The first-order valence-corrected chi connectivity index (χ1v) is 9.88. The van der Waals surface area contributed by atoms with Crippen molar-refractivity contribution in [2.24, 2.45) is 5.92 Å². The average molecular weight is 343 g/mol. The first kappa shape index (κ1) is 17.2. The number of nitrogens with zero attached hydrogens (tertiary/aromatic N) is 1. The predicted molar refractivity (Wildman–Crippen MR) is 98.9 cm³/mol. The average Bonchev–Trinajstić information content (AvgIpc) is 3.15. The van der Waals surface area contributed by atoms with Crippen LogP contribution < -0.4 is 0 Å². The molecule has 1 saturated heterocycles. The zero-order valence-corrected chi connectivity index (χ0v) is 14.8. The van der Waals surface area contributed by atoms with Gasteiger partial charge in [0.2, 0.25) is 5.91 Å². The Bertz CT molecular complexity index is 604. The molecular weight excluding hydrogens is 318 g/mol. The van der Waals surface area contributed by atoms with Crippen molar-refractivity contribution in [2.75, 3.05) is 18.8 Å². The highest BCUT2D eigenvalue weighted by Gasteiger charge is 2.22. The highest BCUT2D eigenvalue weighted by atomic mass is 32.2. The molecule has 3 rings (SSSR count). The molecular formula is C20H25NO2S. The van der Waals surface area contributed by atoms with E-state index in [1.807, 2.05) is 42.1 Å². The van der Waals surface area contributed by atoms with Gasteiger partial charge in [-0.1, -0.05) is 30.3 Å². The Balaban J connectivity index is 1.33. The highest BCUT2D eigenvalue weighted by Crippen LogP contribution is 2.24. The SMILES string of the molecule is O=C(CCc1ccccc1)N1CCC(CSCc2ccco2)CC1. The molecule has 1 aromatic heterocycles.